The highest BCUT2D eigenvalue weighted by atomic mass is 16.1. The molecule has 0 bridgehead atoms. The van der Waals surface area contributed by atoms with Gasteiger partial charge in [0.05, 0.1) is 0 Å². The van der Waals surface area contributed by atoms with Crippen molar-refractivity contribution in [1.82, 2.24) is 10.6 Å². The lowest BCUT2D eigenvalue weighted by molar-refractivity contribution is -0.120. The number of carbonyl (C=O) groups excluding carboxylic acids is 1. The Morgan fingerprint density at radius 2 is 2.06 bits per heavy atom. The van der Waals surface area contributed by atoms with Gasteiger partial charge < -0.3 is 15.5 Å². The second-order valence-corrected chi connectivity index (χ2v) is 4.51. The van der Waals surface area contributed by atoms with Gasteiger partial charge in [-0.1, -0.05) is 17.7 Å². The number of benzene rings is 1. The van der Waals surface area contributed by atoms with Crippen LogP contribution in [0.3, 0.4) is 0 Å². The fourth-order valence-electron chi connectivity index (χ4n) is 1.93. The van der Waals surface area contributed by atoms with Gasteiger partial charge in [-0.25, -0.2) is 0 Å². The summed E-state index contributed by atoms with van der Waals surface area (Å²) in [4.78, 5) is 13.4. The number of carbonyl (C=O) groups is 1. The number of hydrogen-bond donors (Lipinski definition) is 2. The van der Waals surface area contributed by atoms with Crippen LogP contribution in [0.4, 0.5) is 5.69 Å². The maximum absolute atomic E-state index is 11.3. The molecule has 0 aliphatic rings. The first-order valence-electron chi connectivity index (χ1n) is 6.24. The maximum Gasteiger partial charge on any atom is 0.221 e. The first kappa shape index (κ1) is 14.5. The molecule has 0 fully saturated rings. The lowest BCUT2D eigenvalue weighted by Crippen LogP contribution is -2.27. The van der Waals surface area contributed by atoms with Crippen LogP contribution in [0, 0.1) is 6.92 Å². The van der Waals surface area contributed by atoms with E-state index in [-0.39, 0.29) is 5.91 Å². The van der Waals surface area contributed by atoms with E-state index in [1.807, 2.05) is 14.1 Å². The van der Waals surface area contributed by atoms with E-state index < -0.39 is 0 Å². The summed E-state index contributed by atoms with van der Waals surface area (Å²) in [5, 5.41) is 5.82. The van der Waals surface area contributed by atoms with Gasteiger partial charge in [-0.2, -0.15) is 0 Å². The lowest BCUT2D eigenvalue weighted by Gasteiger charge is -2.22. The molecule has 4 nitrogen and oxygen atoms in total. The van der Waals surface area contributed by atoms with Crippen LogP contribution in [0.2, 0.25) is 0 Å². The van der Waals surface area contributed by atoms with Gasteiger partial charge in [0.2, 0.25) is 5.91 Å². The van der Waals surface area contributed by atoms with E-state index in [9.17, 15) is 4.79 Å². The van der Waals surface area contributed by atoms with Crippen LogP contribution in [0.15, 0.2) is 18.2 Å². The summed E-state index contributed by atoms with van der Waals surface area (Å²) >= 11 is 0. The summed E-state index contributed by atoms with van der Waals surface area (Å²) in [7, 11) is 5.63. The van der Waals surface area contributed by atoms with E-state index in [1.54, 1.807) is 7.05 Å². The molecule has 2 N–H and O–H groups in total. The fraction of sp³-hybridized carbons (Fsp3) is 0.500. The Morgan fingerprint density at radius 1 is 1.33 bits per heavy atom. The predicted molar refractivity (Wildman–Crippen MR) is 75.9 cm³/mol. The van der Waals surface area contributed by atoms with Crippen molar-refractivity contribution in [2.24, 2.45) is 0 Å². The monoisotopic (exact) mass is 249 g/mol. The molecule has 0 aromatic heterocycles. The van der Waals surface area contributed by atoms with Crippen LogP contribution < -0.4 is 15.5 Å². The van der Waals surface area contributed by atoms with E-state index in [0.29, 0.717) is 6.42 Å². The largest absolute Gasteiger partial charge is 0.374 e. The van der Waals surface area contributed by atoms with E-state index in [0.717, 1.165) is 13.1 Å². The minimum atomic E-state index is 0.0733. The van der Waals surface area contributed by atoms with Crippen LogP contribution in [-0.2, 0) is 11.3 Å². The molecular weight excluding hydrogens is 226 g/mol. The lowest BCUT2D eigenvalue weighted by atomic mass is 10.1. The molecule has 1 aromatic rings. The maximum atomic E-state index is 11.3. The highest BCUT2D eigenvalue weighted by molar-refractivity contribution is 5.76. The molecule has 0 aliphatic heterocycles. The molecule has 1 aromatic carbocycles. The van der Waals surface area contributed by atoms with Crippen molar-refractivity contribution in [1.29, 1.82) is 0 Å². The Hall–Kier alpha value is -1.55. The smallest absolute Gasteiger partial charge is 0.221 e. The van der Waals surface area contributed by atoms with Gasteiger partial charge in [-0.15, -0.1) is 0 Å². The van der Waals surface area contributed by atoms with Gasteiger partial charge in [0.15, 0.2) is 0 Å². The minimum Gasteiger partial charge on any atom is -0.374 e. The molecule has 1 rings (SSSR count). The molecular formula is C14H23N3O. The summed E-state index contributed by atoms with van der Waals surface area (Å²) in [5.41, 5.74) is 3.69. The Morgan fingerprint density at radius 3 is 2.67 bits per heavy atom. The topological polar surface area (TPSA) is 44.4 Å². The van der Waals surface area contributed by atoms with Gasteiger partial charge in [-0.05, 0) is 25.6 Å². The molecule has 0 radical (unpaired) electrons. The first-order chi connectivity index (χ1) is 8.58. The van der Waals surface area contributed by atoms with Crippen molar-refractivity contribution in [3.8, 4) is 0 Å². The van der Waals surface area contributed by atoms with Crippen molar-refractivity contribution >= 4 is 11.6 Å². The number of amides is 1. The molecule has 0 heterocycles. The molecule has 18 heavy (non-hydrogen) atoms. The number of anilines is 1. The second kappa shape index (κ2) is 7.01. The van der Waals surface area contributed by atoms with Crippen LogP contribution >= 0.6 is 0 Å². The zero-order chi connectivity index (χ0) is 13.5. The molecule has 100 valence electrons. The van der Waals surface area contributed by atoms with E-state index in [2.05, 4.69) is 40.7 Å². The Kier molecular flexibility index (Phi) is 5.65. The van der Waals surface area contributed by atoms with Gasteiger partial charge in [-0.3, -0.25) is 4.79 Å². The third-order valence-electron chi connectivity index (χ3n) is 2.97. The third kappa shape index (κ3) is 4.04. The minimum absolute atomic E-state index is 0.0733. The number of hydrogen-bond acceptors (Lipinski definition) is 3. The summed E-state index contributed by atoms with van der Waals surface area (Å²) in [6.45, 7) is 3.65. The van der Waals surface area contributed by atoms with Crippen LogP contribution in [0.5, 0.6) is 0 Å². The molecule has 0 aliphatic carbocycles. The van der Waals surface area contributed by atoms with Crippen molar-refractivity contribution in [2.45, 2.75) is 19.9 Å². The molecule has 0 saturated carbocycles. The normalized spacial score (nSPS) is 10.2. The Labute approximate surface area is 109 Å². The Balaban J connectivity index is 2.77. The standard InChI is InChI=1S/C14H23N3O/c1-11-5-6-13(12(9-11)10-15-2)17(4)8-7-14(18)16-3/h5-6,9,15H,7-8,10H2,1-4H3,(H,16,18). The molecule has 1 amide bonds. The van der Waals surface area contributed by atoms with Crippen LogP contribution in [0.25, 0.3) is 0 Å². The molecule has 0 unspecified atom stereocenters. The molecule has 0 saturated heterocycles. The molecule has 0 spiro atoms. The van der Waals surface area contributed by atoms with E-state index >= 15 is 0 Å². The first-order valence-corrected chi connectivity index (χ1v) is 6.24. The molecule has 4 heteroatoms. The summed E-state index contributed by atoms with van der Waals surface area (Å²) in [5.74, 6) is 0.0733. The number of rotatable bonds is 6. The predicted octanol–water partition coefficient (Wildman–Crippen LogP) is 1.29. The number of aryl methyl sites for hydroxylation is 1. The summed E-state index contributed by atoms with van der Waals surface area (Å²) < 4.78 is 0. The van der Waals surface area contributed by atoms with Crippen molar-refractivity contribution < 1.29 is 4.79 Å². The summed E-state index contributed by atoms with van der Waals surface area (Å²) in [6, 6.07) is 6.40. The second-order valence-electron chi connectivity index (χ2n) is 4.51. The SMILES string of the molecule is CNCc1cc(C)ccc1N(C)CCC(=O)NC. The average molecular weight is 249 g/mol. The van der Waals surface area contributed by atoms with Gasteiger partial charge in [0.25, 0.3) is 0 Å². The van der Waals surface area contributed by atoms with Crippen LogP contribution in [-0.4, -0.2) is 33.6 Å². The summed E-state index contributed by atoms with van der Waals surface area (Å²) in [6.07, 6.45) is 0.514. The third-order valence-corrected chi connectivity index (χ3v) is 2.97. The zero-order valence-electron chi connectivity index (χ0n) is 11.7. The van der Waals surface area contributed by atoms with Gasteiger partial charge in [0, 0.05) is 39.3 Å². The van der Waals surface area contributed by atoms with Gasteiger partial charge >= 0.3 is 0 Å². The van der Waals surface area contributed by atoms with Crippen LogP contribution in [0.1, 0.15) is 17.5 Å². The van der Waals surface area contributed by atoms with E-state index in [1.165, 1.54) is 16.8 Å². The zero-order valence-corrected chi connectivity index (χ0v) is 11.7. The fourth-order valence-corrected chi connectivity index (χ4v) is 1.93. The highest BCUT2D eigenvalue weighted by Crippen LogP contribution is 2.21. The van der Waals surface area contributed by atoms with Crippen molar-refractivity contribution in [3.63, 3.8) is 0 Å². The quantitative estimate of drug-likeness (QED) is 0.798. The number of nitrogens with one attached hydrogen (secondary N) is 2. The Bertz CT molecular complexity index is 404. The molecule has 0 atom stereocenters. The average Bonchev–Trinajstić information content (AvgIpc) is 2.36. The van der Waals surface area contributed by atoms with Gasteiger partial charge in [0.1, 0.15) is 0 Å². The van der Waals surface area contributed by atoms with Crippen molar-refractivity contribution in [2.75, 3.05) is 32.6 Å². The van der Waals surface area contributed by atoms with Crippen molar-refractivity contribution in [3.05, 3.63) is 29.3 Å². The number of nitrogens with zero attached hydrogens (tertiary/aromatic N) is 1. The highest BCUT2D eigenvalue weighted by Gasteiger charge is 2.08. The van der Waals surface area contributed by atoms with E-state index in [4.69, 9.17) is 0 Å².